The van der Waals surface area contributed by atoms with E-state index in [1.54, 1.807) is 36.6 Å². The van der Waals surface area contributed by atoms with Gasteiger partial charge in [-0.3, -0.25) is 9.20 Å². The van der Waals surface area contributed by atoms with E-state index in [1.807, 2.05) is 28.7 Å². The molecule has 132 valence electrons. The number of amides is 1. The number of thiazole rings is 1. The highest BCUT2D eigenvalue weighted by atomic mass is 35.5. The first-order valence-electron chi connectivity index (χ1n) is 7.64. The molecule has 2 aromatic heterocycles. The fourth-order valence-electron chi connectivity index (χ4n) is 2.54. The van der Waals surface area contributed by atoms with Gasteiger partial charge in [0, 0.05) is 5.02 Å². The summed E-state index contributed by atoms with van der Waals surface area (Å²) in [5.41, 5.74) is 1.58. The highest BCUT2D eigenvalue weighted by molar-refractivity contribution is 7.99. The number of para-hydroxylation sites is 1. The molecular formula is C17H13ClN4O2S2. The van der Waals surface area contributed by atoms with Crippen LogP contribution in [0.3, 0.4) is 0 Å². The van der Waals surface area contributed by atoms with Gasteiger partial charge in [0.15, 0.2) is 5.16 Å². The zero-order chi connectivity index (χ0) is 18.1. The summed E-state index contributed by atoms with van der Waals surface area (Å²) >= 11 is 8.89. The van der Waals surface area contributed by atoms with Crippen LogP contribution >= 0.6 is 34.7 Å². The number of hydrogen-bond donors (Lipinski definition) is 1. The predicted octanol–water partition coefficient (Wildman–Crippen LogP) is 4.34. The lowest BCUT2D eigenvalue weighted by Gasteiger charge is -2.10. The molecule has 0 fully saturated rings. The lowest BCUT2D eigenvalue weighted by Crippen LogP contribution is -2.15. The first-order valence-corrected chi connectivity index (χ1v) is 9.82. The second-order valence-electron chi connectivity index (χ2n) is 5.35. The van der Waals surface area contributed by atoms with Crippen molar-refractivity contribution in [2.75, 3.05) is 18.2 Å². The van der Waals surface area contributed by atoms with Crippen LogP contribution in [0, 0.1) is 0 Å². The van der Waals surface area contributed by atoms with Gasteiger partial charge in [0.25, 0.3) is 0 Å². The minimum absolute atomic E-state index is 0.174. The molecule has 0 unspecified atom stereocenters. The SMILES string of the molecule is COc1ccc(Cl)cc1NC(=O)CSc1nnc2sc3ccccc3n12. The number of fused-ring (bicyclic) bond motifs is 3. The van der Waals surface area contributed by atoms with Gasteiger partial charge in [-0.25, -0.2) is 0 Å². The maximum Gasteiger partial charge on any atom is 0.234 e. The molecule has 0 radical (unpaired) electrons. The van der Waals surface area contributed by atoms with Crippen molar-refractivity contribution in [1.82, 2.24) is 14.6 Å². The van der Waals surface area contributed by atoms with E-state index in [-0.39, 0.29) is 11.7 Å². The Hall–Kier alpha value is -2.29. The molecule has 1 amide bonds. The normalized spacial score (nSPS) is 11.2. The lowest BCUT2D eigenvalue weighted by molar-refractivity contribution is -0.113. The van der Waals surface area contributed by atoms with Gasteiger partial charge in [-0.15, -0.1) is 10.2 Å². The average molecular weight is 405 g/mol. The molecule has 9 heteroatoms. The van der Waals surface area contributed by atoms with E-state index in [9.17, 15) is 4.79 Å². The van der Waals surface area contributed by atoms with Crippen LogP contribution in [-0.2, 0) is 4.79 Å². The quantitative estimate of drug-likeness (QED) is 0.501. The molecule has 0 saturated heterocycles. The van der Waals surface area contributed by atoms with Gasteiger partial charge in [-0.05, 0) is 30.3 Å². The molecule has 26 heavy (non-hydrogen) atoms. The largest absolute Gasteiger partial charge is 0.495 e. The Morgan fingerprint density at radius 3 is 3.00 bits per heavy atom. The summed E-state index contributed by atoms with van der Waals surface area (Å²) in [5, 5.41) is 12.4. The topological polar surface area (TPSA) is 68.5 Å². The number of carbonyl (C=O) groups is 1. The number of ether oxygens (including phenoxy) is 1. The maximum absolute atomic E-state index is 12.3. The van der Waals surface area contributed by atoms with E-state index in [1.165, 1.54) is 11.8 Å². The molecule has 6 nitrogen and oxygen atoms in total. The number of aromatic nitrogens is 3. The minimum Gasteiger partial charge on any atom is -0.495 e. The van der Waals surface area contributed by atoms with Crippen LogP contribution in [-0.4, -0.2) is 33.4 Å². The lowest BCUT2D eigenvalue weighted by atomic mass is 10.3. The van der Waals surface area contributed by atoms with Crippen molar-refractivity contribution in [3.8, 4) is 5.75 Å². The van der Waals surface area contributed by atoms with Crippen LogP contribution in [0.4, 0.5) is 5.69 Å². The van der Waals surface area contributed by atoms with E-state index in [4.69, 9.17) is 16.3 Å². The Balaban J connectivity index is 1.52. The minimum atomic E-state index is -0.174. The number of thioether (sulfide) groups is 1. The fraction of sp³-hybridized carbons (Fsp3) is 0.118. The van der Waals surface area contributed by atoms with Crippen molar-refractivity contribution in [2.45, 2.75) is 5.16 Å². The Labute approximate surface area is 162 Å². The van der Waals surface area contributed by atoms with Crippen molar-refractivity contribution in [3.63, 3.8) is 0 Å². The fourth-order valence-corrected chi connectivity index (χ4v) is 4.48. The molecule has 2 heterocycles. The number of benzene rings is 2. The van der Waals surface area contributed by atoms with Crippen LogP contribution in [0.5, 0.6) is 5.75 Å². The number of hydrogen-bond acceptors (Lipinski definition) is 6. The maximum atomic E-state index is 12.3. The third kappa shape index (κ3) is 3.23. The zero-order valence-electron chi connectivity index (χ0n) is 13.6. The van der Waals surface area contributed by atoms with E-state index < -0.39 is 0 Å². The Morgan fingerprint density at radius 1 is 1.31 bits per heavy atom. The number of halogens is 1. The summed E-state index contributed by atoms with van der Waals surface area (Å²) in [6, 6.07) is 13.1. The van der Waals surface area contributed by atoms with E-state index >= 15 is 0 Å². The van der Waals surface area contributed by atoms with Gasteiger partial charge in [0.2, 0.25) is 10.9 Å². The molecular weight excluding hydrogens is 392 g/mol. The number of rotatable bonds is 5. The standard InChI is InChI=1S/C17H13ClN4O2S2/c1-24-13-7-6-10(18)8-11(13)19-15(23)9-25-16-20-21-17-22(16)12-4-2-3-5-14(12)26-17/h2-8H,9H2,1H3,(H,19,23). The molecule has 0 spiro atoms. The highest BCUT2D eigenvalue weighted by Crippen LogP contribution is 2.30. The zero-order valence-corrected chi connectivity index (χ0v) is 16.0. The van der Waals surface area contributed by atoms with Crippen LogP contribution in [0.25, 0.3) is 15.2 Å². The van der Waals surface area contributed by atoms with Gasteiger partial charge in [-0.2, -0.15) is 0 Å². The molecule has 4 aromatic rings. The molecule has 2 aromatic carbocycles. The first kappa shape index (κ1) is 17.1. The number of methoxy groups -OCH3 is 1. The first-order chi connectivity index (χ1) is 12.7. The van der Waals surface area contributed by atoms with Gasteiger partial charge in [0.05, 0.1) is 28.8 Å². The Bertz CT molecular complexity index is 1110. The summed E-state index contributed by atoms with van der Waals surface area (Å²) in [6.07, 6.45) is 0. The van der Waals surface area contributed by atoms with Crippen molar-refractivity contribution in [3.05, 3.63) is 47.5 Å². The summed E-state index contributed by atoms with van der Waals surface area (Å²) in [6.45, 7) is 0. The van der Waals surface area contributed by atoms with E-state index in [0.29, 0.717) is 21.6 Å². The molecule has 0 atom stereocenters. The van der Waals surface area contributed by atoms with Crippen molar-refractivity contribution >= 4 is 61.5 Å². The molecule has 0 aliphatic carbocycles. The Kier molecular flexibility index (Phi) is 4.71. The second-order valence-corrected chi connectivity index (χ2v) is 7.74. The van der Waals surface area contributed by atoms with Crippen LogP contribution in [0.2, 0.25) is 5.02 Å². The highest BCUT2D eigenvalue weighted by Gasteiger charge is 2.15. The second kappa shape index (κ2) is 7.14. The van der Waals surface area contributed by atoms with Gasteiger partial charge >= 0.3 is 0 Å². The van der Waals surface area contributed by atoms with E-state index in [0.717, 1.165) is 15.2 Å². The van der Waals surface area contributed by atoms with Gasteiger partial charge in [0.1, 0.15) is 5.75 Å². The molecule has 0 saturated carbocycles. The summed E-state index contributed by atoms with van der Waals surface area (Å²) in [7, 11) is 1.54. The van der Waals surface area contributed by atoms with Crippen LogP contribution in [0.1, 0.15) is 0 Å². The number of nitrogens with one attached hydrogen (secondary N) is 1. The van der Waals surface area contributed by atoms with Crippen molar-refractivity contribution < 1.29 is 9.53 Å². The van der Waals surface area contributed by atoms with Crippen molar-refractivity contribution in [2.24, 2.45) is 0 Å². The van der Waals surface area contributed by atoms with Crippen LogP contribution < -0.4 is 10.1 Å². The third-order valence-corrected chi connectivity index (χ3v) is 5.86. The van der Waals surface area contributed by atoms with E-state index in [2.05, 4.69) is 15.5 Å². The van der Waals surface area contributed by atoms with Crippen LogP contribution in [0.15, 0.2) is 47.6 Å². The Morgan fingerprint density at radius 2 is 2.15 bits per heavy atom. The monoisotopic (exact) mass is 404 g/mol. The number of anilines is 1. The summed E-state index contributed by atoms with van der Waals surface area (Å²) < 4.78 is 8.34. The molecule has 0 aliphatic heterocycles. The molecule has 4 rings (SSSR count). The molecule has 0 bridgehead atoms. The summed E-state index contributed by atoms with van der Waals surface area (Å²) in [5.74, 6) is 0.578. The number of nitrogens with zero attached hydrogens (tertiary/aromatic N) is 3. The predicted molar refractivity (Wildman–Crippen MR) is 106 cm³/mol. The van der Waals surface area contributed by atoms with Crippen molar-refractivity contribution in [1.29, 1.82) is 0 Å². The molecule has 0 aliphatic rings. The average Bonchev–Trinajstić information content (AvgIpc) is 3.19. The third-order valence-electron chi connectivity index (χ3n) is 3.68. The van der Waals surface area contributed by atoms with Gasteiger partial charge < -0.3 is 10.1 Å². The summed E-state index contributed by atoms with van der Waals surface area (Å²) in [4.78, 5) is 13.2. The smallest absolute Gasteiger partial charge is 0.234 e. The number of carbonyl (C=O) groups excluding carboxylic acids is 1. The molecule has 1 N–H and O–H groups in total. The van der Waals surface area contributed by atoms with Gasteiger partial charge in [-0.1, -0.05) is 46.8 Å².